The number of carbonyl (C=O) groups excluding carboxylic acids is 2. The molecule has 0 saturated carbocycles. The van der Waals surface area contributed by atoms with Gasteiger partial charge in [-0.15, -0.1) is 0 Å². The molecule has 0 radical (unpaired) electrons. The van der Waals surface area contributed by atoms with Crippen LogP contribution in [0, 0.1) is 0 Å². The Kier molecular flexibility index (Phi) is 7.69. The number of hydrogen-bond donors (Lipinski definition) is 1. The van der Waals surface area contributed by atoms with E-state index in [4.69, 9.17) is 32.7 Å². The van der Waals surface area contributed by atoms with Crippen molar-refractivity contribution in [3.8, 4) is 5.75 Å². The van der Waals surface area contributed by atoms with E-state index in [2.05, 4.69) is 19.2 Å². The van der Waals surface area contributed by atoms with E-state index in [0.717, 1.165) is 5.56 Å². The molecule has 0 aliphatic carbocycles. The second-order valence-corrected chi connectivity index (χ2v) is 8.49. The normalized spacial score (nSPS) is 16.3. The molecule has 0 fully saturated rings. The van der Waals surface area contributed by atoms with Crippen molar-refractivity contribution in [2.45, 2.75) is 32.7 Å². The van der Waals surface area contributed by atoms with E-state index < -0.39 is 12.0 Å². The number of amides is 2. The van der Waals surface area contributed by atoms with Gasteiger partial charge in [-0.1, -0.05) is 61.3 Å². The number of nitrogens with zero attached hydrogens (tertiary/aromatic N) is 1. The Hall–Kier alpha value is -2.70. The van der Waals surface area contributed by atoms with Gasteiger partial charge in [0.1, 0.15) is 12.4 Å². The maximum atomic E-state index is 13.0. The third-order valence-corrected chi connectivity index (χ3v) is 5.99. The fourth-order valence-corrected chi connectivity index (χ4v) is 3.86. The highest BCUT2D eigenvalue weighted by atomic mass is 35.5. The molecule has 1 atom stereocenters. The zero-order valence-electron chi connectivity index (χ0n) is 18.4. The molecule has 1 N–H and O–H groups in total. The summed E-state index contributed by atoms with van der Waals surface area (Å²) in [7, 11) is 1.59. The van der Waals surface area contributed by atoms with Crippen LogP contribution in [0.3, 0.4) is 0 Å². The maximum absolute atomic E-state index is 13.0. The predicted molar refractivity (Wildman–Crippen MR) is 125 cm³/mol. The fourth-order valence-electron chi connectivity index (χ4n) is 3.56. The summed E-state index contributed by atoms with van der Waals surface area (Å²) in [4.78, 5) is 27.1. The highest BCUT2D eigenvalue weighted by molar-refractivity contribution is 6.42. The van der Waals surface area contributed by atoms with Crippen molar-refractivity contribution in [1.29, 1.82) is 0 Å². The molecule has 1 heterocycles. The SMILES string of the molecule is CCOC(=O)C1=C(COc2ccccc2C(C)C)N(C)C(=O)N[C@@H]1c1ccc(Cl)c(Cl)c1. The Morgan fingerprint density at radius 2 is 1.88 bits per heavy atom. The molecule has 2 aromatic carbocycles. The fraction of sp³-hybridized carbons (Fsp3) is 0.333. The summed E-state index contributed by atoms with van der Waals surface area (Å²) in [5.74, 6) is 0.413. The number of nitrogens with one attached hydrogen (secondary N) is 1. The number of carbonyl (C=O) groups is 2. The van der Waals surface area contributed by atoms with Crippen molar-refractivity contribution < 1.29 is 19.1 Å². The monoisotopic (exact) mass is 476 g/mol. The van der Waals surface area contributed by atoms with Gasteiger partial charge in [0.25, 0.3) is 0 Å². The van der Waals surface area contributed by atoms with Crippen LogP contribution in [0.2, 0.25) is 10.0 Å². The number of halogens is 2. The van der Waals surface area contributed by atoms with Gasteiger partial charge in [-0.2, -0.15) is 0 Å². The number of benzene rings is 2. The number of ether oxygens (including phenoxy) is 2. The van der Waals surface area contributed by atoms with E-state index >= 15 is 0 Å². The third-order valence-electron chi connectivity index (χ3n) is 5.25. The van der Waals surface area contributed by atoms with Gasteiger partial charge < -0.3 is 14.8 Å². The maximum Gasteiger partial charge on any atom is 0.338 e. The minimum Gasteiger partial charge on any atom is -0.487 e. The molecule has 2 amide bonds. The highest BCUT2D eigenvalue weighted by Crippen LogP contribution is 2.35. The first-order chi connectivity index (χ1) is 15.2. The summed E-state index contributed by atoms with van der Waals surface area (Å²) >= 11 is 12.3. The van der Waals surface area contributed by atoms with Crippen LogP contribution >= 0.6 is 23.2 Å². The topological polar surface area (TPSA) is 67.9 Å². The van der Waals surface area contributed by atoms with Gasteiger partial charge in [-0.3, -0.25) is 4.90 Å². The molecule has 32 heavy (non-hydrogen) atoms. The Bertz CT molecular complexity index is 1050. The average molecular weight is 477 g/mol. The van der Waals surface area contributed by atoms with Crippen molar-refractivity contribution in [2.75, 3.05) is 20.3 Å². The first-order valence-electron chi connectivity index (χ1n) is 10.4. The Morgan fingerprint density at radius 3 is 2.53 bits per heavy atom. The van der Waals surface area contributed by atoms with Gasteiger partial charge in [0.2, 0.25) is 0 Å². The summed E-state index contributed by atoms with van der Waals surface area (Å²) < 4.78 is 11.4. The molecule has 0 saturated heterocycles. The smallest absolute Gasteiger partial charge is 0.338 e. The van der Waals surface area contributed by atoms with Crippen LogP contribution in [0.4, 0.5) is 4.79 Å². The lowest BCUT2D eigenvalue weighted by Gasteiger charge is -2.34. The molecule has 1 aliphatic rings. The zero-order valence-corrected chi connectivity index (χ0v) is 20.0. The van der Waals surface area contributed by atoms with E-state index in [-0.39, 0.29) is 30.7 Å². The van der Waals surface area contributed by atoms with Gasteiger partial charge in [0.15, 0.2) is 0 Å². The molecule has 0 aromatic heterocycles. The molecular formula is C24H26Cl2N2O4. The highest BCUT2D eigenvalue weighted by Gasteiger charge is 2.37. The minimum atomic E-state index is -0.758. The molecule has 6 nitrogen and oxygen atoms in total. The lowest BCUT2D eigenvalue weighted by molar-refractivity contribution is -0.139. The number of urea groups is 1. The number of likely N-dealkylation sites (N-methyl/N-ethyl adjacent to an activating group) is 1. The Labute approximate surface area is 198 Å². The number of hydrogen-bond acceptors (Lipinski definition) is 4. The average Bonchev–Trinajstić information content (AvgIpc) is 2.76. The van der Waals surface area contributed by atoms with Crippen molar-refractivity contribution in [2.24, 2.45) is 0 Å². The number of para-hydroxylation sites is 1. The summed E-state index contributed by atoms with van der Waals surface area (Å²) in [6.07, 6.45) is 0. The molecular weight excluding hydrogens is 451 g/mol. The number of rotatable bonds is 7. The van der Waals surface area contributed by atoms with E-state index in [1.165, 1.54) is 4.90 Å². The van der Waals surface area contributed by atoms with Gasteiger partial charge in [0, 0.05) is 7.05 Å². The first-order valence-corrected chi connectivity index (χ1v) is 11.1. The van der Waals surface area contributed by atoms with E-state index in [1.54, 1.807) is 32.2 Å². The first kappa shape index (κ1) is 24.0. The molecule has 0 bridgehead atoms. The van der Waals surface area contributed by atoms with Crippen molar-refractivity contribution in [1.82, 2.24) is 10.2 Å². The summed E-state index contributed by atoms with van der Waals surface area (Å²) in [5.41, 5.74) is 2.36. The van der Waals surface area contributed by atoms with Crippen molar-refractivity contribution in [3.05, 3.63) is 74.9 Å². The molecule has 170 valence electrons. The van der Waals surface area contributed by atoms with Gasteiger partial charge in [-0.25, -0.2) is 9.59 Å². The lowest BCUT2D eigenvalue weighted by Crippen LogP contribution is -2.48. The van der Waals surface area contributed by atoms with Gasteiger partial charge in [0.05, 0.1) is 34.0 Å². The molecule has 8 heteroatoms. The van der Waals surface area contributed by atoms with Crippen LogP contribution in [0.1, 0.15) is 43.9 Å². The Morgan fingerprint density at radius 1 is 1.16 bits per heavy atom. The van der Waals surface area contributed by atoms with E-state index in [0.29, 0.717) is 27.1 Å². The van der Waals surface area contributed by atoms with Crippen LogP contribution in [0.5, 0.6) is 5.75 Å². The quantitative estimate of drug-likeness (QED) is 0.519. The number of esters is 1. The second-order valence-electron chi connectivity index (χ2n) is 7.68. The van der Waals surface area contributed by atoms with Crippen molar-refractivity contribution in [3.63, 3.8) is 0 Å². The zero-order chi connectivity index (χ0) is 23.4. The molecule has 2 aromatic rings. The summed E-state index contributed by atoms with van der Waals surface area (Å²) in [5, 5.41) is 3.55. The van der Waals surface area contributed by atoms with Crippen LogP contribution in [-0.2, 0) is 9.53 Å². The largest absolute Gasteiger partial charge is 0.487 e. The lowest BCUT2D eigenvalue weighted by atomic mass is 9.94. The Balaban J connectivity index is 2.07. The summed E-state index contributed by atoms with van der Waals surface area (Å²) in [6, 6.07) is 11.6. The molecule has 1 aliphatic heterocycles. The van der Waals surface area contributed by atoms with Gasteiger partial charge in [-0.05, 0) is 42.2 Å². The molecule has 3 rings (SSSR count). The summed E-state index contributed by atoms with van der Waals surface area (Å²) in [6.45, 7) is 6.09. The van der Waals surface area contributed by atoms with Gasteiger partial charge >= 0.3 is 12.0 Å². The van der Waals surface area contributed by atoms with Crippen LogP contribution < -0.4 is 10.1 Å². The van der Waals surface area contributed by atoms with E-state index in [1.807, 2.05) is 24.3 Å². The van der Waals surface area contributed by atoms with Crippen LogP contribution in [0.15, 0.2) is 53.7 Å². The van der Waals surface area contributed by atoms with E-state index in [9.17, 15) is 9.59 Å². The minimum absolute atomic E-state index is 0.0135. The predicted octanol–water partition coefficient (Wildman–Crippen LogP) is 5.71. The second kappa shape index (κ2) is 10.3. The van der Waals surface area contributed by atoms with Crippen LogP contribution in [0.25, 0.3) is 0 Å². The van der Waals surface area contributed by atoms with Crippen LogP contribution in [-0.4, -0.2) is 37.2 Å². The standard InChI is InChI=1S/C24H26Cl2N2O4/c1-5-31-23(29)21-19(13-32-20-9-7-6-8-16(20)14(2)3)28(4)24(30)27-22(21)15-10-11-17(25)18(26)12-15/h6-12,14,22H,5,13H2,1-4H3,(H,27,30)/t22-/m1/s1. The molecule has 0 spiro atoms. The third kappa shape index (κ3) is 5.03. The van der Waals surface area contributed by atoms with Crippen molar-refractivity contribution >= 4 is 35.2 Å². The molecule has 0 unspecified atom stereocenters.